The van der Waals surface area contributed by atoms with Crippen molar-refractivity contribution in [3.63, 3.8) is 0 Å². The predicted octanol–water partition coefficient (Wildman–Crippen LogP) is 10.1. The third-order valence-corrected chi connectivity index (χ3v) is 10.1. The fourth-order valence-electron chi connectivity index (χ4n) is 7.44. The zero-order valence-electron chi connectivity index (χ0n) is 29.5. The number of unbranched alkanes of at least 4 members (excludes halogenated alkanes) is 1. The van der Waals surface area contributed by atoms with E-state index in [-0.39, 0.29) is 42.6 Å². The number of fused-ring (bicyclic) bond motifs is 2. The minimum absolute atomic E-state index is 0.0673. The van der Waals surface area contributed by atoms with Gasteiger partial charge in [0, 0.05) is 29.2 Å². The van der Waals surface area contributed by atoms with Gasteiger partial charge in [-0.2, -0.15) is 0 Å². The van der Waals surface area contributed by atoms with Gasteiger partial charge in [-0.3, -0.25) is 14.4 Å². The van der Waals surface area contributed by atoms with Crippen LogP contribution < -0.4 is 10.1 Å². The van der Waals surface area contributed by atoms with Crippen LogP contribution in [0.25, 0.3) is 0 Å². The average molecular weight is 668 g/mol. The number of aryl methyl sites for hydroxylation is 1. The predicted molar refractivity (Wildman–Crippen MR) is 193 cm³/mol. The second-order valence-corrected chi connectivity index (χ2v) is 14.9. The molecule has 1 aliphatic carbocycles. The fourth-order valence-corrected chi connectivity index (χ4v) is 7.44. The topological polar surface area (TPSA) is 102 Å². The van der Waals surface area contributed by atoms with Gasteiger partial charge < -0.3 is 19.9 Å². The van der Waals surface area contributed by atoms with Crippen LogP contribution >= 0.6 is 0 Å². The first kappa shape index (κ1) is 36.2. The van der Waals surface area contributed by atoms with Crippen LogP contribution in [-0.2, 0) is 31.0 Å². The van der Waals surface area contributed by atoms with Crippen molar-refractivity contribution in [2.24, 2.45) is 5.92 Å². The molecule has 5 rings (SSSR count). The number of anilines is 1. The number of para-hydroxylation sites is 2. The van der Waals surface area contributed by atoms with E-state index in [0.29, 0.717) is 12.8 Å². The number of ether oxygens (including phenoxy) is 2. The number of aliphatic carboxylic acids is 1. The highest BCUT2D eigenvalue weighted by Gasteiger charge is 2.29. The number of carboxylic acid groups (broad SMARTS) is 1. The Hall–Kier alpha value is -4.13. The van der Waals surface area contributed by atoms with Crippen molar-refractivity contribution in [2.75, 3.05) is 5.32 Å². The summed E-state index contributed by atoms with van der Waals surface area (Å²) < 4.78 is 12.0. The van der Waals surface area contributed by atoms with Crippen LogP contribution in [0.15, 0.2) is 66.7 Å². The number of carbonyl (C=O) groups is 3. The minimum Gasteiger partial charge on any atom is -0.481 e. The Balaban J connectivity index is 1.26. The molecule has 2 N–H and O–H groups in total. The first-order valence-corrected chi connectivity index (χ1v) is 18.3. The van der Waals surface area contributed by atoms with Crippen molar-refractivity contribution in [2.45, 2.75) is 128 Å². The maximum atomic E-state index is 13.8. The van der Waals surface area contributed by atoms with E-state index in [9.17, 15) is 14.4 Å². The molecule has 1 fully saturated rings. The van der Waals surface area contributed by atoms with Gasteiger partial charge in [0.2, 0.25) is 5.91 Å². The summed E-state index contributed by atoms with van der Waals surface area (Å²) in [7, 11) is 0. The maximum Gasteiger partial charge on any atom is 0.306 e. The normalized spacial score (nSPS) is 15.4. The average Bonchev–Trinajstić information content (AvgIpc) is 3.08. The summed E-state index contributed by atoms with van der Waals surface area (Å²) in [6, 6.07) is 22.1. The molecule has 0 unspecified atom stereocenters. The number of hydrogen-bond donors (Lipinski definition) is 2. The highest BCUT2D eigenvalue weighted by Crippen LogP contribution is 2.45. The van der Waals surface area contributed by atoms with Crippen LogP contribution in [0.4, 0.5) is 5.69 Å². The largest absolute Gasteiger partial charge is 0.481 e. The highest BCUT2D eigenvalue weighted by molar-refractivity contribution is 5.93. The molecule has 7 heteroatoms. The molecule has 0 spiro atoms. The van der Waals surface area contributed by atoms with Crippen LogP contribution in [0.1, 0.15) is 132 Å². The van der Waals surface area contributed by atoms with Crippen LogP contribution in [0, 0.1) is 5.92 Å². The molecule has 1 amide bonds. The van der Waals surface area contributed by atoms with E-state index in [4.69, 9.17) is 14.6 Å². The van der Waals surface area contributed by atoms with Crippen LogP contribution in [0.5, 0.6) is 11.5 Å². The third kappa shape index (κ3) is 10.4. The first-order chi connectivity index (χ1) is 23.6. The lowest BCUT2D eigenvalue weighted by Gasteiger charge is -2.28. The van der Waals surface area contributed by atoms with Gasteiger partial charge in [0.25, 0.3) is 0 Å². The Morgan fingerprint density at radius 1 is 0.878 bits per heavy atom. The van der Waals surface area contributed by atoms with E-state index in [1.165, 1.54) is 38.5 Å². The smallest absolute Gasteiger partial charge is 0.306 e. The van der Waals surface area contributed by atoms with Crippen molar-refractivity contribution < 1.29 is 29.0 Å². The molecular formula is C42H53NO6. The Morgan fingerprint density at radius 2 is 1.55 bits per heavy atom. The summed E-state index contributed by atoms with van der Waals surface area (Å²) in [5.41, 5.74) is 4.72. The van der Waals surface area contributed by atoms with E-state index >= 15 is 0 Å². The lowest BCUT2D eigenvalue weighted by Crippen LogP contribution is -2.22. The number of rotatable bonds is 15. The Bertz CT molecular complexity index is 1540. The van der Waals surface area contributed by atoms with Gasteiger partial charge in [0.05, 0.1) is 12.8 Å². The van der Waals surface area contributed by atoms with E-state index in [1.54, 1.807) is 0 Å². The summed E-state index contributed by atoms with van der Waals surface area (Å²) >= 11 is 0. The third-order valence-electron chi connectivity index (χ3n) is 10.1. The zero-order chi connectivity index (χ0) is 34.8. The number of amides is 1. The molecule has 3 aromatic rings. The number of hydrogen-bond acceptors (Lipinski definition) is 5. The Kier molecular flexibility index (Phi) is 12.5. The minimum atomic E-state index is -1.00. The van der Waals surface area contributed by atoms with Gasteiger partial charge in [-0.05, 0) is 66.3 Å². The zero-order valence-corrected chi connectivity index (χ0v) is 29.5. The molecule has 1 atom stereocenters. The quantitative estimate of drug-likeness (QED) is 0.124. The lowest BCUT2D eigenvalue weighted by molar-refractivity contribution is -0.152. The molecule has 1 aliphatic heterocycles. The van der Waals surface area contributed by atoms with Gasteiger partial charge in [0.1, 0.15) is 17.6 Å². The molecule has 0 bridgehead atoms. The monoisotopic (exact) mass is 667 g/mol. The molecule has 0 aromatic heterocycles. The molecule has 7 nitrogen and oxygen atoms in total. The van der Waals surface area contributed by atoms with E-state index in [2.05, 4.69) is 44.3 Å². The molecule has 2 aliphatic rings. The van der Waals surface area contributed by atoms with Gasteiger partial charge >= 0.3 is 11.9 Å². The summed E-state index contributed by atoms with van der Waals surface area (Å²) in [6.07, 6.45) is 11.7. The standard InChI is InChI=1S/C42H53NO6/c1-42(2,3)35-24-22-30(21-23-31(48-41(47)26-25-40(45)46)16-8-7-15-29-13-5-4-6-14-29)27-36(35)43-39(44)28-34-32-17-9-11-19-37(32)49-38-20-12-10-18-33(34)38/h9-12,17-20,22,24,27,29,31,34H,4-8,13-16,21,23,25-26,28H2,1-3H3,(H,43,44)(H,45,46)/t31-/m1/s1. The number of nitrogens with one attached hydrogen (secondary N) is 1. The van der Waals surface area contributed by atoms with Gasteiger partial charge in [-0.15, -0.1) is 0 Å². The molecule has 0 saturated heterocycles. The van der Waals surface area contributed by atoms with Crippen molar-refractivity contribution in [1.29, 1.82) is 0 Å². The number of benzene rings is 3. The molecule has 49 heavy (non-hydrogen) atoms. The fraction of sp³-hybridized carbons (Fsp3) is 0.500. The molecule has 0 radical (unpaired) electrons. The first-order valence-electron chi connectivity index (χ1n) is 18.3. The van der Waals surface area contributed by atoms with Gasteiger partial charge in [0.15, 0.2) is 0 Å². The van der Waals surface area contributed by atoms with Crippen LogP contribution in [0.2, 0.25) is 0 Å². The van der Waals surface area contributed by atoms with Crippen molar-refractivity contribution >= 4 is 23.5 Å². The van der Waals surface area contributed by atoms with E-state index < -0.39 is 11.9 Å². The van der Waals surface area contributed by atoms with Crippen LogP contribution in [-0.4, -0.2) is 29.1 Å². The van der Waals surface area contributed by atoms with E-state index in [1.807, 2.05) is 48.5 Å². The number of carboxylic acids is 1. The molecule has 1 heterocycles. The molecule has 1 saturated carbocycles. The summed E-state index contributed by atoms with van der Waals surface area (Å²) in [5.74, 6) is 0.731. The van der Waals surface area contributed by atoms with Gasteiger partial charge in [-0.1, -0.05) is 114 Å². The van der Waals surface area contributed by atoms with Crippen LogP contribution in [0.3, 0.4) is 0 Å². The number of esters is 1. The van der Waals surface area contributed by atoms with E-state index in [0.717, 1.165) is 64.6 Å². The summed E-state index contributed by atoms with van der Waals surface area (Å²) in [6.45, 7) is 6.42. The molecule has 3 aromatic carbocycles. The second-order valence-electron chi connectivity index (χ2n) is 14.9. The number of carbonyl (C=O) groups excluding carboxylic acids is 2. The Morgan fingerprint density at radius 3 is 2.20 bits per heavy atom. The molecular weight excluding hydrogens is 614 g/mol. The molecule has 262 valence electrons. The highest BCUT2D eigenvalue weighted by atomic mass is 16.5. The Labute approximate surface area is 291 Å². The van der Waals surface area contributed by atoms with Crippen molar-refractivity contribution in [1.82, 2.24) is 0 Å². The lowest BCUT2D eigenvalue weighted by atomic mass is 9.84. The maximum absolute atomic E-state index is 13.8. The van der Waals surface area contributed by atoms with Gasteiger partial charge in [-0.25, -0.2) is 0 Å². The summed E-state index contributed by atoms with van der Waals surface area (Å²) in [5, 5.41) is 12.3. The van der Waals surface area contributed by atoms with Crippen molar-refractivity contribution in [3.8, 4) is 11.5 Å². The summed E-state index contributed by atoms with van der Waals surface area (Å²) in [4.78, 5) is 37.4. The SMILES string of the molecule is CC(C)(C)c1ccc(CC[C@@H](CCCCC2CCCCC2)OC(=O)CCC(=O)O)cc1NC(=O)CC1c2ccccc2Oc2ccccc21. The van der Waals surface area contributed by atoms with Crippen molar-refractivity contribution in [3.05, 3.63) is 89.0 Å². The second kappa shape index (κ2) is 17.0.